The third-order valence-electron chi connectivity index (χ3n) is 6.85. The van der Waals surface area contributed by atoms with E-state index in [2.05, 4.69) is 0 Å². The summed E-state index contributed by atoms with van der Waals surface area (Å²) in [5.41, 5.74) is 0.708. The maximum absolute atomic E-state index is 13.6. The van der Waals surface area contributed by atoms with Gasteiger partial charge in [0.1, 0.15) is 5.75 Å². The number of likely N-dealkylation sites (tertiary alicyclic amines) is 2. The highest BCUT2D eigenvalue weighted by Gasteiger charge is 2.39. The van der Waals surface area contributed by atoms with Crippen molar-refractivity contribution in [3.8, 4) is 5.75 Å². The molecule has 2 aromatic rings. The van der Waals surface area contributed by atoms with Crippen molar-refractivity contribution in [3.05, 3.63) is 48.4 Å². The summed E-state index contributed by atoms with van der Waals surface area (Å²) < 4.78 is 11.3. The maximum atomic E-state index is 13.6. The fraction of sp³-hybridized carbons (Fsp3) is 0.480. The first kappa shape index (κ1) is 21.6. The molecule has 0 bridgehead atoms. The zero-order valence-electron chi connectivity index (χ0n) is 18.7. The zero-order valence-corrected chi connectivity index (χ0v) is 18.7. The Balaban J connectivity index is 1.28. The number of carbonyl (C=O) groups excluding carboxylic acids is 3. The summed E-state index contributed by atoms with van der Waals surface area (Å²) in [4.78, 5) is 44.6. The molecule has 2 saturated heterocycles. The standard InChI is InChI=1S/C25H29N3O5/c29-23(18-10-14-27(15-11-18)24(30)21-9-6-16-32-21)28-17-22(25(31)26-12-4-1-5-13-26)33-20-8-3-2-7-19(20)28/h2-3,6-9,16,18,22H,1,4-5,10-15,17H2/t22-/m1/s1. The number of carbonyl (C=O) groups is 3. The lowest BCUT2D eigenvalue weighted by molar-refractivity contribution is -0.139. The van der Waals surface area contributed by atoms with Gasteiger partial charge in [0.15, 0.2) is 11.9 Å². The van der Waals surface area contributed by atoms with Gasteiger partial charge < -0.3 is 23.9 Å². The zero-order chi connectivity index (χ0) is 22.8. The Morgan fingerprint density at radius 2 is 1.58 bits per heavy atom. The third kappa shape index (κ3) is 4.34. The van der Waals surface area contributed by atoms with Crippen molar-refractivity contribution >= 4 is 23.4 Å². The van der Waals surface area contributed by atoms with E-state index in [1.807, 2.05) is 29.2 Å². The first-order chi connectivity index (χ1) is 16.1. The van der Waals surface area contributed by atoms with Crippen LogP contribution in [0.5, 0.6) is 5.75 Å². The number of amides is 3. The summed E-state index contributed by atoms with van der Waals surface area (Å²) in [6, 6.07) is 10.8. The predicted molar refractivity (Wildman–Crippen MR) is 121 cm³/mol. The normalized spacial score (nSPS) is 21.3. The fourth-order valence-corrected chi connectivity index (χ4v) is 5.00. The monoisotopic (exact) mass is 451 g/mol. The van der Waals surface area contributed by atoms with Crippen LogP contribution in [0.25, 0.3) is 0 Å². The number of furan rings is 1. The van der Waals surface area contributed by atoms with Gasteiger partial charge in [0.25, 0.3) is 11.8 Å². The van der Waals surface area contributed by atoms with Crippen LogP contribution in [0.4, 0.5) is 5.69 Å². The Morgan fingerprint density at radius 3 is 2.30 bits per heavy atom. The molecule has 2 fully saturated rings. The number of anilines is 1. The van der Waals surface area contributed by atoms with Gasteiger partial charge in [-0.3, -0.25) is 14.4 Å². The molecule has 4 heterocycles. The molecule has 8 heteroatoms. The number of hydrogen-bond donors (Lipinski definition) is 0. The molecule has 1 aromatic carbocycles. The van der Waals surface area contributed by atoms with Crippen molar-refractivity contribution < 1.29 is 23.5 Å². The molecule has 8 nitrogen and oxygen atoms in total. The number of piperidine rings is 2. The van der Waals surface area contributed by atoms with Crippen molar-refractivity contribution in [2.75, 3.05) is 37.6 Å². The molecule has 3 aliphatic rings. The third-order valence-corrected chi connectivity index (χ3v) is 6.85. The Morgan fingerprint density at radius 1 is 0.818 bits per heavy atom. The SMILES string of the molecule is O=C(c1ccco1)N1CCC(C(=O)N2C[C@H](C(=O)N3CCCCC3)Oc3ccccc32)CC1. The number of benzene rings is 1. The Labute approximate surface area is 193 Å². The Kier molecular flexibility index (Phi) is 6.07. The van der Waals surface area contributed by atoms with Gasteiger partial charge in [0.2, 0.25) is 5.91 Å². The van der Waals surface area contributed by atoms with Crippen LogP contribution in [0.2, 0.25) is 0 Å². The van der Waals surface area contributed by atoms with Crippen LogP contribution in [0, 0.1) is 5.92 Å². The number of hydrogen-bond acceptors (Lipinski definition) is 5. The summed E-state index contributed by atoms with van der Waals surface area (Å²) in [7, 11) is 0. The van der Waals surface area contributed by atoms with Gasteiger partial charge >= 0.3 is 0 Å². The molecule has 1 aromatic heterocycles. The van der Waals surface area contributed by atoms with Crippen LogP contribution in [0.15, 0.2) is 47.1 Å². The number of fused-ring (bicyclic) bond motifs is 1. The Hall–Kier alpha value is -3.29. The lowest BCUT2D eigenvalue weighted by Gasteiger charge is -2.39. The minimum Gasteiger partial charge on any atom is -0.476 e. The van der Waals surface area contributed by atoms with Crippen LogP contribution in [0.3, 0.4) is 0 Å². The van der Waals surface area contributed by atoms with E-state index in [-0.39, 0.29) is 30.2 Å². The largest absolute Gasteiger partial charge is 0.476 e. The van der Waals surface area contributed by atoms with E-state index in [1.165, 1.54) is 6.26 Å². The summed E-state index contributed by atoms with van der Waals surface area (Å²) in [5.74, 6) is 0.490. The highest BCUT2D eigenvalue weighted by molar-refractivity contribution is 5.99. The smallest absolute Gasteiger partial charge is 0.289 e. The van der Waals surface area contributed by atoms with Gasteiger partial charge in [-0.25, -0.2) is 0 Å². The molecule has 0 unspecified atom stereocenters. The van der Waals surface area contributed by atoms with E-state index in [1.54, 1.807) is 21.9 Å². The summed E-state index contributed by atoms with van der Waals surface area (Å²) in [6.45, 7) is 2.71. The van der Waals surface area contributed by atoms with Gasteiger partial charge in [-0.1, -0.05) is 12.1 Å². The van der Waals surface area contributed by atoms with Gasteiger partial charge in [0, 0.05) is 32.1 Å². The lowest BCUT2D eigenvalue weighted by atomic mass is 9.94. The first-order valence-electron chi connectivity index (χ1n) is 11.8. The van der Waals surface area contributed by atoms with Crippen LogP contribution in [0.1, 0.15) is 42.7 Å². The lowest BCUT2D eigenvalue weighted by Crippen LogP contribution is -2.54. The van der Waals surface area contributed by atoms with Gasteiger partial charge in [-0.15, -0.1) is 0 Å². The Bertz CT molecular complexity index is 1010. The first-order valence-corrected chi connectivity index (χ1v) is 11.8. The van der Waals surface area contributed by atoms with Crippen LogP contribution < -0.4 is 9.64 Å². The molecule has 33 heavy (non-hydrogen) atoms. The van der Waals surface area contributed by atoms with E-state index < -0.39 is 6.10 Å². The number of rotatable bonds is 3. The molecule has 0 aliphatic carbocycles. The molecule has 0 radical (unpaired) electrons. The fourth-order valence-electron chi connectivity index (χ4n) is 5.00. The number of nitrogens with zero attached hydrogens (tertiary/aromatic N) is 3. The molecule has 0 N–H and O–H groups in total. The van der Waals surface area contributed by atoms with Crippen molar-refractivity contribution in [1.82, 2.24) is 9.80 Å². The quantitative estimate of drug-likeness (QED) is 0.717. The average Bonchev–Trinajstić information content (AvgIpc) is 3.42. The minimum absolute atomic E-state index is 0.00714. The van der Waals surface area contributed by atoms with E-state index >= 15 is 0 Å². The minimum atomic E-state index is -0.692. The average molecular weight is 452 g/mol. The second-order valence-corrected chi connectivity index (χ2v) is 8.95. The van der Waals surface area contributed by atoms with Crippen molar-refractivity contribution in [2.24, 2.45) is 5.92 Å². The highest BCUT2D eigenvalue weighted by atomic mass is 16.5. The van der Waals surface area contributed by atoms with Gasteiger partial charge in [0.05, 0.1) is 18.5 Å². The molecule has 1 atom stereocenters. The van der Waals surface area contributed by atoms with Crippen molar-refractivity contribution in [1.29, 1.82) is 0 Å². The van der Waals surface area contributed by atoms with E-state index in [4.69, 9.17) is 9.15 Å². The van der Waals surface area contributed by atoms with Crippen LogP contribution in [-0.4, -0.2) is 66.3 Å². The number of ether oxygens (including phenoxy) is 1. The van der Waals surface area contributed by atoms with Gasteiger partial charge in [-0.2, -0.15) is 0 Å². The molecule has 3 aliphatic heterocycles. The van der Waals surface area contributed by atoms with E-state index in [0.29, 0.717) is 43.1 Å². The van der Waals surface area contributed by atoms with Crippen molar-refractivity contribution in [2.45, 2.75) is 38.2 Å². The number of para-hydroxylation sites is 2. The second kappa shape index (κ2) is 9.29. The molecule has 174 valence electrons. The highest BCUT2D eigenvalue weighted by Crippen LogP contribution is 2.36. The topological polar surface area (TPSA) is 83.3 Å². The predicted octanol–water partition coefficient (Wildman–Crippen LogP) is 2.94. The molecule has 3 amide bonds. The second-order valence-electron chi connectivity index (χ2n) is 8.95. The molecular weight excluding hydrogens is 422 g/mol. The van der Waals surface area contributed by atoms with Crippen LogP contribution in [-0.2, 0) is 9.59 Å². The summed E-state index contributed by atoms with van der Waals surface area (Å²) in [5, 5.41) is 0. The maximum Gasteiger partial charge on any atom is 0.289 e. The molecular formula is C25H29N3O5. The van der Waals surface area contributed by atoms with Crippen molar-refractivity contribution in [3.63, 3.8) is 0 Å². The van der Waals surface area contributed by atoms with Gasteiger partial charge in [-0.05, 0) is 56.4 Å². The summed E-state index contributed by atoms with van der Waals surface area (Å²) >= 11 is 0. The van der Waals surface area contributed by atoms with E-state index in [0.717, 1.165) is 32.4 Å². The van der Waals surface area contributed by atoms with Crippen LogP contribution >= 0.6 is 0 Å². The van der Waals surface area contributed by atoms with E-state index in [9.17, 15) is 14.4 Å². The molecule has 0 saturated carbocycles. The molecule has 5 rings (SSSR count). The summed E-state index contributed by atoms with van der Waals surface area (Å²) in [6.07, 6.45) is 5.11. The molecule has 0 spiro atoms.